The summed E-state index contributed by atoms with van der Waals surface area (Å²) in [5, 5.41) is 2.92. The maximum Gasteiger partial charge on any atom is 0.167 e. The molecule has 2 unspecified atom stereocenters. The van der Waals surface area contributed by atoms with Crippen LogP contribution in [0.3, 0.4) is 0 Å². The fraction of sp³-hybridized carbons (Fsp3) is 0.333. The van der Waals surface area contributed by atoms with Gasteiger partial charge in [0.25, 0.3) is 0 Å². The Balaban J connectivity index is 1.97. The summed E-state index contributed by atoms with van der Waals surface area (Å²) in [6.45, 7) is 14.1. The molecule has 0 amide bonds. The highest BCUT2D eigenvalue weighted by atomic mass is 32.1. The lowest BCUT2D eigenvalue weighted by Gasteiger charge is -2.41. The largest absolute Gasteiger partial charge is 0.329 e. The van der Waals surface area contributed by atoms with Gasteiger partial charge in [0.15, 0.2) is 8.24 Å². The molecule has 0 fully saturated rings. The average molecular weight is 392 g/mol. The molecule has 0 spiro atoms. The van der Waals surface area contributed by atoms with Gasteiger partial charge in [-0.25, -0.2) is 0 Å². The first-order valence-electron chi connectivity index (χ1n) is 9.76. The summed E-state index contributed by atoms with van der Waals surface area (Å²) in [6, 6.07) is 20.1. The number of allylic oxidation sites excluding steroid dienone is 2. The van der Waals surface area contributed by atoms with Crippen LogP contribution < -0.4 is 10.2 Å². The zero-order chi connectivity index (χ0) is 19.4. The molecule has 140 valence electrons. The standard InChI is InChI=1S/C24H29NSSi/c1-16-17(2)23(22-21(16)19-14-10-11-15-20(19)26-22)27(6,25-24(3,4)5)18-12-8-7-9-13-18/h7-15,23,25H,1-6H3. The molecule has 2 atom stereocenters. The summed E-state index contributed by atoms with van der Waals surface area (Å²) in [5.74, 6) is 0. The predicted molar refractivity (Wildman–Crippen MR) is 123 cm³/mol. The summed E-state index contributed by atoms with van der Waals surface area (Å²) in [7, 11) is -2.04. The van der Waals surface area contributed by atoms with Gasteiger partial charge in [-0.2, -0.15) is 0 Å². The SMILES string of the molecule is CC1=C(C)C([Si](C)(NC(C)(C)C)c2ccccc2)c2sc3ccccc3c21. The van der Waals surface area contributed by atoms with E-state index in [-0.39, 0.29) is 5.54 Å². The van der Waals surface area contributed by atoms with Gasteiger partial charge < -0.3 is 4.98 Å². The normalized spacial score (nSPS) is 19.4. The molecule has 0 radical (unpaired) electrons. The summed E-state index contributed by atoms with van der Waals surface area (Å²) in [6.07, 6.45) is 0. The van der Waals surface area contributed by atoms with E-state index in [0.29, 0.717) is 5.54 Å². The van der Waals surface area contributed by atoms with Crippen molar-refractivity contribution in [3.8, 4) is 0 Å². The van der Waals surface area contributed by atoms with E-state index in [9.17, 15) is 0 Å². The first-order valence-corrected chi connectivity index (χ1v) is 13.2. The van der Waals surface area contributed by atoms with Crippen LogP contribution in [0.25, 0.3) is 15.7 Å². The molecule has 2 aromatic carbocycles. The van der Waals surface area contributed by atoms with Gasteiger partial charge in [-0.1, -0.05) is 60.7 Å². The van der Waals surface area contributed by atoms with Gasteiger partial charge in [-0.3, -0.25) is 0 Å². The van der Waals surface area contributed by atoms with Crippen LogP contribution >= 0.6 is 11.3 Å². The molecule has 0 saturated carbocycles. The van der Waals surface area contributed by atoms with Crippen molar-refractivity contribution >= 4 is 40.4 Å². The average Bonchev–Trinajstić information content (AvgIpc) is 3.09. The highest BCUT2D eigenvalue weighted by Gasteiger charge is 2.47. The topological polar surface area (TPSA) is 12.0 Å². The van der Waals surface area contributed by atoms with Gasteiger partial charge in [0.2, 0.25) is 0 Å². The fourth-order valence-corrected chi connectivity index (χ4v) is 11.9. The van der Waals surface area contributed by atoms with Crippen LogP contribution in [0.4, 0.5) is 0 Å². The van der Waals surface area contributed by atoms with Crippen LogP contribution in [0, 0.1) is 0 Å². The molecule has 1 heterocycles. The molecule has 0 bridgehead atoms. The minimum absolute atomic E-state index is 0.0738. The van der Waals surface area contributed by atoms with Crippen LogP contribution in [-0.4, -0.2) is 13.8 Å². The lowest BCUT2D eigenvalue weighted by atomic mass is 10.1. The minimum atomic E-state index is -2.04. The van der Waals surface area contributed by atoms with E-state index in [2.05, 4.69) is 101 Å². The number of hydrogen-bond acceptors (Lipinski definition) is 2. The van der Waals surface area contributed by atoms with Crippen LogP contribution in [0.15, 0.2) is 60.2 Å². The van der Waals surface area contributed by atoms with Gasteiger partial charge in [0.05, 0.1) is 0 Å². The van der Waals surface area contributed by atoms with Crippen LogP contribution in [-0.2, 0) is 0 Å². The van der Waals surface area contributed by atoms with Crippen LogP contribution in [0.1, 0.15) is 50.6 Å². The first-order chi connectivity index (χ1) is 12.7. The quantitative estimate of drug-likeness (QED) is 0.524. The zero-order valence-corrected chi connectivity index (χ0v) is 19.0. The van der Waals surface area contributed by atoms with Crippen molar-refractivity contribution in [1.29, 1.82) is 0 Å². The Morgan fingerprint density at radius 2 is 1.56 bits per heavy atom. The van der Waals surface area contributed by atoms with E-state index in [4.69, 9.17) is 0 Å². The third kappa shape index (κ3) is 3.02. The highest BCUT2D eigenvalue weighted by molar-refractivity contribution is 7.20. The molecular formula is C24H29NSSi. The predicted octanol–water partition coefficient (Wildman–Crippen LogP) is 6.20. The first kappa shape index (κ1) is 18.7. The molecule has 1 aliphatic rings. The Morgan fingerprint density at radius 3 is 2.22 bits per heavy atom. The number of benzene rings is 2. The number of hydrogen-bond donors (Lipinski definition) is 1. The van der Waals surface area contributed by atoms with E-state index in [1.54, 1.807) is 10.5 Å². The summed E-state index contributed by atoms with van der Waals surface area (Å²) < 4.78 is 1.42. The Kier molecular flexibility index (Phi) is 4.45. The molecule has 1 nitrogen and oxygen atoms in total. The Labute approximate surface area is 168 Å². The molecular weight excluding hydrogens is 362 g/mol. The van der Waals surface area contributed by atoms with Crippen molar-refractivity contribution in [3.63, 3.8) is 0 Å². The van der Waals surface area contributed by atoms with Gasteiger partial charge in [0.1, 0.15) is 0 Å². The zero-order valence-electron chi connectivity index (χ0n) is 17.2. The number of nitrogens with one attached hydrogen (secondary N) is 1. The van der Waals surface area contributed by atoms with Crippen molar-refractivity contribution in [2.45, 2.75) is 52.2 Å². The number of rotatable bonds is 3. The van der Waals surface area contributed by atoms with Crippen molar-refractivity contribution in [1.82, 2.24) is 4.98 Å². The molecule has 0 aliphatic heterocycles. The molecule has 1 N–H and O–H groups in total. The number of thiophene rings is 1. The second-order valence-corrected chi connectivity index (χ2v) is 13.9. The summed E-state index contributed by atoms with van der Waals surface area (Å²) in [5.41, 5.74) is 5.09. The molecule has 27 heavy (non-hydrogen) atoms. The third-order valence-electron chi connectivity index (χ3n) is 5.87. The van der Waals surface area contributed by atoms with Gasteiger partial charge >= 0.3 is 0 Å². The Hall–Kier alpha value is -1.68. The van der Waals surface area contributed by atoms with E-state index in [1.807, 2.05) is 11.3 Å². The second kappa shape index (κ2) is 6.44. The van der Waals surface area contributed by atoms with Crippen molar-refractivity contribution in [2.75, 3.05) is 0 Å². The van der Waals surface area contributed by atoms with Gasteiger partial charge in [-0.05, 0) is 57.0 Å². The summed E-state index contributed by atoms with van der Waals surface area (Å²) >= 11 is 2.00. The molecule has 1 aliphatic carbocycles. The van der Waals surface area contributed by atoms with E-state index >= 15 is 0 Å². The van der Waals surface area contributed by atoms with E-state index < -0.39 is 8.24 Å². The molecule has 4 rings (SSSR count). The van der Waals surface area contributed by atoms with Crippen LogP contribution in [0.5, 0.6) is 0 Å². The smallest absolute Gasteiger partial charge is 0.167 e. The highest BCUT2D eigenvalue weighted by Crippen LogP contribution is 2.52. The lowest BCUT2D eigenvalue weighted by molar-refractivity contribution is 0.510. The second-order valence-electron chi connectivity index (χ2n) is 9.02. The summed E-state index contributed by atoms with van der Waals surface area (Å²) in [4.78, 5) is 5.71. The van der Waals surface area contributed by atoms with Crippen molar-refractivity contribution in [3.05, 3.63) is 70.6 Å². The van der Waals surface area contributed by atoms with Crippen molar-refractivity contribution < 1.29 is 0 Å². The van der Waals surface area contributed by atoms with E-state index in [1.165, 1.54) is 26.4 Å². The molecule has 1 aromatic heterocycles. The maximum absolute atomic E-state index is 4.14. The molecule has 3 heteroatoms. The van der Waals surface area contributed by atoms with Crippen molar-refractivity contribution in [2.24, 2.45) is 0 Å². The van der Waals surface area contributed by atoms with Crippen LogP contribution in [0.2, 0.25) is 6.55 Å². The Bertz CT molecular complexity index is 1030. The Morgan fingerprint density at radius 1 is 0.926 bits per heavy atom. The maximum atomic E-state index is 4.14. The van der Waals surface area contributed by atoms with Gasteiger partial charge in [0, 0.05) is 26.0 Å². The van der Waals surface area contributed by atoms with Gasteiger partial charge in [-0.15, -0.1) is 11.3 Å². The lowest BCUT2D eigenvalue weighted by Crippen LogP contribution is -2.67. The number of fused-ring (bicyclic) bond motifs is 3. The minimum Gasteiger partial charge on any atom is -0.329 e. The molecule has 3 aromatic rings. The third-order valence-corrected chi connectivity index (χ3v) is 12.0. The monoisotopic (exact) mass is 391 g/mol. The fourth-order valence-electron chi connectivity index (χ4n) is 4.83. The molecule has 0 saturated heterocycles. The van der Waals surface area contributed by atoms with E-state index in [0.717, 1.165) is 0 Å².